The van der Waals surface area contributed by atoms with E-state index in [-0.39, 0.29) is 6.04 Å². The first-order valence-corrected chi connectivity index (χ1v) is 7.17. The summed E-state index contributed by atoms with van der Waals surface area (Å²) < 4.78 is 5.69. The van der Waals surface area contributed by atoms with Crippen LogP contribution in [-0.4, -0.2) is 37.2 Å². The Morgan fingerprint density at radius 1 is 1.65 bits per heavy atom. The smallest absolute Gasteiger partial charge is 0.0702 e. The van der Waals surface area contributed by atoms with Gasteiger partial charge >= 0.3 is 0 Å². The molecule has 0 aromatic carbocycles. The Kier molecular flexibility index (Phi) is 4.56. The first kappa shape index (κ1) is 13.0. The van der Waals surface area contributed by atoms with Crippen molar-refractivity contribution in [2.45, 2.75) is 38.0 Å². The fourth-order valence-electron chi connectivity index (χ4n) is 2.56. The fraction of sp³-hybridized carbons (Fsp3) is 0.692. The molecule has 17 heavy (non-hydrogen) atoms. The predicted octanol–water partition coefficient (Wildman–Crippen LogP) is 2.25. The summed E-state index contributed by atoms with van der Waals surface area (Å²) in [5.74, 6) is 0. The summed E-state index contributed by atoms with van der Waals surface area (Å²) in [4.78, 5) is 3.69. The third-order valence-electron chi connectivity index (χ3n) is 3.32. The molecule has 0 radical (unpaired) electrons. The Morgan fingerprint density at radius 3 is 3.00 bits per heavy atom. The van der Waals surface area contributed by atoms with E-state index in [1.54, 1.807) is 11.3 Å². The zero-order valence-electron chi connectivity index (χ0n) is 10.6. The van der Waals surface area contributed by atoms with Crippen molar-refractivity contribution < 1.29 is 4.74 Å². The summed E-state index contributed by atoms with van der Waals surface area (Å²) in [5, 5.41) is 2.12. The van der Waals surface area contributed by atoms with Gasteiger partial charge in [0.25, 0.3) is 0 Å². The molecular weight excluding hydrogens is 232 g/mol. The quantitative estimate of drug-likeness (QED) is 0.876. The van der Waals surface area contributed by atoms with Gasteiger partial charge in [0.2, 0.25) is 0 Å². The van der Waals surface area contributed by atoms with E-state index >= 15 is 0 Å². The number of nitrogens with two attached hydrogens (primary N) is 1. The van der Waals surface area contributed by atoms with E-state index in [0.717, 1.165) is 13.2 Å². The maximum Gasteiger partial charge on any atom is 0.0702 e. The van der Waals surface area contributed by atoms with Gasteiger partial charge in [-0.15, -0.1) is 11.3 Å². The van der Waals surface area contributed by atoms with Gasteiger partial charge in [0.1, 0.15) is 0 Å². The third kappa shape index (κ3) is 3.28. The van der Waals surface area contributed by atoms with Crippen molar-refractivity contribution in [1.82, 2.24) is 4.90 Å². The van der Waals surface area contributed by atoms with Crippen molar-refractivity contribution in [3.63, 3.8) is 0 Å². The zero-order chi connectivity index (χ0) is 12.3. The van der Waals surface area contributed by atoms with E-state index in [1.807, 2.05) is 0 Å². The molecule has 2 N–H and O–H groups in total. The highest BCUT2D eigenvalue weighted by atomic mass is 32.1. The minimum Gasteiger partial charge on any atom is -0.377 e. The SMILES string of the molecule is CC(N)C(c1cccs1)N(C)CC1CCCO1. The Morgan fingerprint density at radius 2 is 2.47 bits per heavy atom. The molecule has 1 fully saturated rings. The highest BCUT2D eigenvalue weighted by molar-refractivity contribution is 7.10. The largest absolute Gasteiger partial charge is 0.377 e. The highest BCUT2D eigenvalue weighted by Gasteiger charge is 2.26. The van der Waals surface area contributed by atoms with Crippen LogP contribution in [0.4, 0.5) is 0 Å². The minimum atomic E-state index is 0.139. The normalized spacial score (nSPS) is 24.1. The van der Waals surface area contributed by atoms with Crippen molar-refractivity contribution in [3.8, 4) is 0 Å². The summed E-state index contributed by atoms with van der Waals surface area (Å²) in [6, 6.07) is 4.71. The van der Waals surface area contributed by atoms with E-state index in [1.165, 1.54) is 17.7 Å². The molecule has 1 aliphatic heterocycles. The molecule has 1 aromatic heterocycles. The van der Waals surface area contributed by atoms with Crippen molar-refractivity contribution in [3.05, 3.63) is 22.4 Å². The second-order valence-corrected chi connectivity index (χ2v) is 5.87. The van der Waals surface area contributed by atoms with Crippen molar-refractivity contribution in [2.24, 2.45) is 5.73 Å². The van der Waals surface area contributed by atoms with Crippen LogP contribution in [0.5, 0.6) is 0 Å². The number of nitrogens with zero attached hydrogens (tertiary/aromatic N) is 1. The van der Waals surface area contributed by atoms with Gasteiger partial charge < -0.3 is 10.5 Å². The molecule has 0 bridgehead atoms. The first-order valence-electron chi connectivity index (χ1n) is 6.29. The Bertz CT molecular complexity index is 320. The Hall–Kier alpha value is -0.420. The molecule has 2 heterocycles. The maximum atomic E-state index is 6.13. The molecule has 96 valence electrons. The summed E-state index contributed by atoms with van der Waals surface area (Å²) in [6.45, 7) is 3.97. The van der Waals surface area contributed by atoms with Crippen molar-refractivity contribution >= 4 is 11.3 Å². The number of thiophene rings is 1. The van der Waals surface area contributed by atoms with Gasteiger partial charge in [-0.2, -0.15) is 0 Å². The highest BCUT2D eigenvalue weighted by Crippen LogP contribution is 2.27. The molecule has 4 heteroatoms. The predicted molar refractivity (Wildman–Crippen MR) is 72.3 cm³/mol. The standard InChI is InChI=1S/C13H22N2OS/c1-10(14)13(12-6-4-8-17-12)15(2)9-11-5-3-7-16-11/h4,6,8,10-11,13H,3,5,7,9,14H2,1-2H3. The van der Waals surface area contributed by atoms with Gasteiger partial charge in [-0.05, 0) is 38.3 Å². The third-order valence-corrected chi connectivity index (χ3v) is 4.27. The zero-order valence-corrected chi connectivity index (χ0v) is 11.5. The topological polar surface area (TPSA) is 38.5 Å². The number of rotatable bonds is 5. The summed E-state index contributed by atoms with van der Waals surface area (Å²) in [5.41, 5.74) is 6.13. The van der Waals surface area contributed by atoms with Crippen LogP contribution in [0.1, 0.15) is 30.7 Å². The summed E-state index contributed by atoms with van der Waals surface area (Å²) >= 11 is 1.78. The van der Waals surface area contributed by atoms with Crippen LogP contribution in [-0.2, 0) is 4.74 Å². The van der Waals surface area contributed by atoms with Crippen molar-refractivity contribution in [1.29, 1.82) is 0 Å². The lowest BCUT2D eigenvalue weighted by atomic mass is 10.1. The molecule has 3 atom stereocenters. The lowest BCUT2D eigenvalue weighted by Crippen LogP contribution is -2.40. The number of hydrogen-bond acceptors (Lipinski definition) is 4. The van der Waals surface area contributed by atoms with E-state index in [9.17, 15) is 0 Å². The van der Waals surface area contributed by atoms with Crippen LogP contribution in [0, 0.1) is 0 Å². The van der Waals surface area contributed by atoms with Gasteiger partial charge in [-0.1, -0.05) is 6.07 Å². The molecule has 2 rings (SSSR count). The van der Waals surface area contributed by atoms with Crippen LogP contribution in [0.25, 0.3) is 0 Å². The van der Waals surface area contributed by atoms with Crippen LogP contribution in [0.2, 0.25) is 0 Å². The molecule has 0 saturated carbocycles. The second-order valence-electron chi connectivity index (χ2n) is 4.89. The van der Waals surface area contributed by atoms with Crippen LogP contribution < -0.4 is 5.73 Å². The lowest BCUT2D eigenvalue weighted by Gasteiger charge is -2.31. The second kappa shape index (κ2) is 5.96. The maximum absolute atomic E-state index is 6.13. The first-order chi connectivity index (χ1) is 8.18. The van der Waals surface area contributed by atoms with Gasteiger partial charge in [-0.25, -0.2) is 0 Å². The average molecular weight is 254 g/mol. The molecule has 3 unspecified atom stereocenters. The molecular formula is C13H22N2OS. The molecule has 0 aliphatic carbocycles. The van der Waals surface area contributed by atoms with E-state index < -0.39 is 0 Å². The lowest BCUT2D eigenvalue weighted by molar-refractivity contribution is 0.0648. The van der Waals surface area contributed by atoms with Crippen LogP contribution in [0.15, 0.2) is 17.5 Å². The molecule has 1 saturated heterocycles. The Balaban J connectivity index is 2.00. The van der Waals surface area contributed by atoms with Crippen LogP contribution >= 0.6 is 11.3 Å². The van der Waals surface area contributed by atoms with E-state index in [4.69, 9.17) is 10.5 Å². The molecule has 1 aromatic rings. The summed E-state index contributed by atoms with van der Waals surface area (Å²) in [7, 11) is 2.15. The van der Waals surface area contributed by atoms with Crippen LogP contribution in [0.3, 0.4) is 0 Å². The number of ether oxygens (including phenoxy) is 1. The fourth-order valence-corrected chi connectivity index (χ4v) is 3.57. The molecule has 3 nitrogen and oxygen atoms in total. The molecule has 0 spiro atoms. The van der Waals surface area contributed by atoms with Gasteiger partial charge in [0.15, 0.2) is 0 Å². The number of hydrogen-bond donors (Lipinski definition) is 1. The molecule has 1 aliphatic rings. The van der Waals surface area contributed by atoms with E-state index in [0.29, 0.717) is 12.1 Å². The van der Waals surface area contributed by atoms with Gasteiger partial charge in [0.05, 0.1) is 12.1 Å². The minimum absolute atomic E-state index is 0.139. The molecule has 0 amide bonds. The number of likely N-dealkylation sites (N-methyl/N-ethyl adjacent to an activating group) is 1. The van der Waals surface area contributed by atoms with Gasteiger partial charge in [-0.3, -0.25) is 4.90 Å². The monoisotopic (exact) mass is 254 g/mol. The Labute approximate surface area is 108 Å². The van der Waals surface area contributed by atoms with Crippen molar-refractivity contribution in [2.75, 3.05) is 20.2 Å². The summed E-state index contributed by atoms with van der Waals surface area (Å²) in [6.07, 6.45) is 2.77. The van der Waals surface area contributed by atoms with E-state index in [2.05, 4.69) is 36.4 Å². The van der Waals surface area contributed by atoms with Gasteiger partial charge in [0, 0.05) is 24.1 Å². The average Bonchev–Trinajstić information content (AvgIpc) is 2.89.